The highest BCUT2D eigenvalue weighted by atomic mass is 19.1. The number of hydrogen-bond donors (Lipinski definition) is 0. The fraction of sp³-hybridized carbons (Fsp3) is 0.455. The van der Waals surface area contributed by atoms with Gasteiger partial charge in [0.2, 0.25) is 11.8 Å². The SMILES string of the molecule is Cc1nonc1CN(C)C(=O)[C@@H]1CC12CCN(C(=O)/C=C/c1ccc(F)cc1)CC2. The summed E-state index contributed by atoms with van der Waals surface area (Å²) in [7, 11) is 1.78. The number of halogens is 1. The first-order chi connectivity index (χ1) is 14.4. The number of likely N-dealkylation sites (tertiary alicyclic amines) is 1. The number of carbonyl (C=O) groups excluding carboxylic acids is 2. The maximum Gasteiger partial charge on any atom is 0.246 e. The van der Waals surface area contributed by atoms with E-state index in [2.05, 4.69) is 10.3 Å². The molecule has 1 aromatic heterocycles. The molecular formula is C22H25FN4O3. The van der Waals surface area contributed by atoms with Gasteiger partial charge >= 0.3 is 0 Å². The maximum atomic E-state index is 13.0. The fourth-order valence-electron chi connectivity index (χ4n) is 4.23. The summed E-state index contributed by atoms with van der Waals surface area (Å²) in [4.78, 5) is 28.8. The standard InChI is InChI=1S/C22H25FN4O3/c1-15-19(25-30-24-15)14-26(2)21(29)18-13-22(18)9-11-27(12-10-22)20(28)8-5-16-3-6-17(23)7-4-16/h3-8,18H,9-14H2,1-2H3/b8-5+/t18-/m0/s1. The third-order valence-electron chi connectivity index (χ3n) is 6.36. The number of benzene rings is 1. The van der Waals surface area contributed by atoms with E-state index >= 15 is 0 Å². The first-order valence-corrected chi connectivity index (χ1v) is 10.1. The molecule has 8 heteroatoms. The summed E-state index contributed by atoms with van der Waals surface area (Å²) in [6, 6.07) is 6.02. The van der Waals surface area contributed by atoms with E-state index < -0.39 is 0 Å². The molecule has 2 aliphatic rings. The van der Waals surface area contributed by atoms with E-state index in [9.17, 15) is 14.0 Å². The number of rotatable bonds is 5. The van der Waals surface area contributed by atoms with Crippen LogP contribution in [-0.4, -0.2) is 52.1 Å². The molecule has 1 saturated heterocycles. The monoisotopic (exact) mass is 412 g/mol. The molecule has 2 heterocycles. The number of hydrogen-bond acceptors (Lipinski definition) is 5. The Morgan fingerprint density at radius 2 is 1.97 bits per heavy atom. The zero-order valence-corrected chi connectivity index (χ0v) is 17.2. The Hall–Kier alpha value is -3.03. The molecule has 1 saturated carbocycles. The van der Waals surface area contributed by atoms with Crippen LogP contribution in [0.5, 0.6) is 0 Å². The molecule has 1 aliphatic carbocycles. The predicted molar refractivity (Wildman–Crippen MR) is 107 cm³/mol. The molecule has 158 valence electrons. The average molecular weight is 412 g/mol. The third kappa shape index (κ3) is 4.13. The van der Waals surface area contributed by atoms with Gasteiger partial charge in [-0.25, -0.2) is 9.02 Å². The summed E-state index contributed by atoms with van der Waals surface area (Å²) < 4.78 is 17.7. The normalized spacial score (nSPS) is 20.0. The molecule has 1 atom stereocenters. The van der Waals surface area contributed by atoms with Gasteiger partial charge in [0.1, 0.15) is 17.2 Å². The number of aryl methyl sites for hydroxylation is 1. The van der Waals surface area contributed by atoms with Crippen LogP contribution in [0, 0.1) is 24.1 Å². The summed E-state index contributed by atoms with van der Waals surface area (Å²) in [6.45, 7) is 3.48. The van der Waals surface area contributed by atoms with Gasteiger partial charge in [0.15, 0.2) is 0 Å². The Balaban J connectivity index is 1.28. The van der Waals surface area contributed by atoms with E-state index in [0.717, 1.165) is 24.8 Å². The van der Waals surface area contributed by atoms with Crippen LogP contribution >= 0.6 is 0 Å². The van der Waals surface area contributed by atoms with E-state index in [-0.39, 0.29) is 29.0 Å². The van der Waals surface area contributed by atoms with Gasteiger partial charge in [-0.15, -0.1) is 0 Å². The van der Waals surface area contributed by atoms with Crippen molar-refractivity contribution in [1.29, 1.82) is 0 Å². The fourth-order valence-corrected chi connectivity index (χ4v) is 4.23. The molecule has 0 N–H and O–H groups in total. The molecule has 2 aromatic rings. The van der Waals surface area contributed by atoms with Gasteiger partial charge in [0.25, 0.3) is 0 Å². The van der Waals surface area contributed by atoms with Crippen LogP contribution in [0.1, 0.15) is 36.2 Å². The first-order valence-electron chi connectivity index (χ1n) is 10.1. The predicted octanol–water partition coefficient (Wildman–Crippen LogP) is 2.82. The maximum absolute atomic E-state index is 13.0. The van der Waals surface area contributed by atoms with Crippen LogP contribution in [0.15, 0.2) is 35.0 Å². The van der Waals surface area contributed by atoms with Crippen LogP contribution < -0.4 is 0 Å². The summed E-state index contributed by atoms with van der Waals surface area (Å²) in [6.07, 6.45) is 5.77. The number of piperidine rings is 1. The average Bonchev–Trinajstić information content (AvgIpc) is 3.29. The molecule has 2 fully saturated rings. The van der Waals surface area contributed by atoms with Gasteiger partial charge in [-0.2, -0.15) is 0 Å². The molecule has 0 unspecified atom stereocenters. The van der Waals surface area contributed by atoms with E-state index in [4.69, 9.17) is 4.63 Å². The van der Waals surface area contributed by atoms with E-state index in [1.807, 2.05) is 4.90 Å². The zero-order chi connectivity index (χ0) is 21.3. The van der Waals surface area contributed by atoms with E-state index in [1.54, 1.807) is 37.1 Å². The molecule has 0 radical (unpaired) electrons. The highest BCUT2D eigenvalue weighted by Gasteiger charge is 2.59. The minimum Gasteiger partial charge on any atom is -0.339 e. The number of amides is 2. The van der Waals surface area contributed by atoms with Crippen LogP contribution in [0.4, 0.5) is 4.39 Å². The lowest BCUT2D eigenvalue weighted by Gasteiger charge is -2.32. The van der Waals surface area contributed by atoms with Crippen molar-refractivity contribution in [3.63, 3.8) is 0 Å². The smallest absolute Gasteiger partial charge is 0.246 e. The molecule has 1 aliphatic heterocycles. The topological polar surface area (TPSA) is 79.5 Å². The Bertz CT molecular complexity index is 961. The minimum atomic E-state index is -0.299. The second-order valence-corrected chi connectivity index (χ2v) is 8.32. The van der Waals surface area contributed by atoms with E-state index in [1.165, 1.54) is 18.2 Å². The molecule has 2 amide bonds. The van der Waals surface area contributed by atoms with Crippen molar-refractivity contribution in [2.45, 2.75) is 32.7 Å². The van der Waals surface area contributed by atoms with Gasteiger partial charge < -0.3 is 9.80 Å². The lowest BCUT2D eigenvalue weighted by molar-refractivity contribution is -0.133. The van der Waals surface area contributed by atoms with Crippen molar-refractivity contribution in [1.82, 2.24) is 20.1 Å². The Morgan fingerprint density at radius 3 is 2.60 bits per heavy atom. The Labute approximate surface area is 174 Å². The number of carbonyl (C=O) groups is 2. The zero-order valence-electron chi connectivity index (χ0n) is 17.2. The van der Waals surface area contributed by atoms with Crippen LogP contribution in [0.2, 0.25) is 0 Å². The summed E-state index contributed by atoms with van der Waals surface area (Å²) in [5, 5.41) is 7.60. The molecule has 1 spiro atoms. The summed E-state index contributed by atoms with van der Waals surface area (Å²) in [5.74, 6) is -0.223. The number of aromatic nitrogens is 2. The van der Waals surface area contributed by atoms with Crippen molar-refractivity contribution >= 4 is 17.9 Å². The van der Waals surface area contributed by atoms with Crippen molar-refractivity contribution in [3.05, 3.63) is 53.1 Å². The molecule has 0 bridgehead atoms. The van der Waals surface area contributed by atoms with Gasteiger partial charge in [0.05, 0.1) is 6.54 Å². The highest BCUT2D eigenvalue weighted by molar-refractivity contribution is 5.92. The molecule has 1 aromatic carbocycles. The largest absolute Gasteiger partial charge is 0.339 e. The lowest BCUT2D eigenvalue weighted by Crippen LogP contribution is -2.40. The quantitative estimate of drug-likeness (QED) is 0.706. The summed E-state index contributed by atoms with van der Waals surface area (Å²) >= 11 is 0. The van der Waals surface area contributed by atoms with Gasteiger partial charge in [-0.05, 0) is 55.4 Å². The second kappa shape index (κ2) is 8.01. The lowest BCUT2D eigenvalue weighted by atomic mass is 9.90. The van der Waals surface area contributed by atoms with E-state index in [0.29, 0.717) is 31.0 Å². The van der Waals surface area contributed by atoms with Crippen molar-refractivity contribution < 1.29 is 18.6 Å². The van der Waals surface area contributed by atoms with Crippen LogP contribution in [0.25, 0.3) is 6.08 Å². The van der Waals surface area contributed by atoms with Gasteiger partial charge in [0, 0.05) is 32.1 Å². The molecule has 4 rings (SSSR count). The van der Waals surface area contributed by atoms with Gasteiger partial charge in [-0.1, -0.05) is 22.4 Å². The molecule has 7 nitrogen and oxygen atoms in total. The highest BCUT2D eigenvalue weighted by Crippen LogP contribution is 2.60. The number of nitrogens with zero attached hydrogens (tertiary/aromatic N) is 4. The first kappa shape index (κ1) is 20.3. The Kier molecular flexibility index (Phi) is 5.40. The van der Waals surface area contributed by atoms with Crippen LogP contribution in [0.3, 0.4) is 0 Å². The van der Waals surface area contributed by atoms with Crippen LogP contribution in [-0.2, 0) is 16.1 Å². The van der Waals surface area contributed by atoms with Crippen molar-refractivity contribution in [3.8, 4) is 0 Å². The minimum absolute atomic E-state index is 0.00896. The van der Waals surface area contributed by atoms with Crippen molar-refractivity contribution in [2.24, 2.45) is 11.3 Å². The summed E-state index contributed by atoms with van der Waals surface area (Å²) in [5.41, 5.74) is 2.17. The molecular weight excluding hydrogens is 387 g/mol. The second-order valence-electron chi connectivity index (χ2n) is 8.32. The Morgan fingerprint density at radius 1 is 1.27 bits per heavy atom. The van der Waals surface area contributed by atoms with Crippen molar-refractivity contribution in [2.75, 3.05) is 20.1 Å². The van der Waals surface area contributed by atoms with Gasteiger partial charge in [-0.3, -0.25) is 9.59 Å². The molecule has 30 heavy (non-hydrogen) atoms. The third-order valence-corrected chi connectivity index (χ3v) is 6.36.